The Labute approximate surface area is 153 Å². The highest BCUT2D eigenvalue weighted by Gasteiger charge is 2.37. The van der Waals surface area contributed by atoms with Crippen molar-refractivity contribution in [1.29, 1.82) is 0 Å². The average Bonchev–Trinajstić information content (AvgIpc) is 3.13. The lowest BCUT2D eigenvalue weighted by Crippen LogP contribution is -2.34. The van der Waals surface area contributed by atoms with Crippen LogP contribution in [0.25, 0.3) is 0 Å². The van der Waals surface area contributed by atoms with Gasteiger partial charge in [-0.3, -0.25) is 4.90 Å². The van der Waals surface area contributed by atoms with E-state index in [2.05, 4.69) is 60.7 Å². The summed E-state index contributed by atoms with van der Waals surface area (Å²) in [5.41, 5.74) is 3.49. The Kier molecular flexibility index (Phi) is 4.69. The molecule has 1 amide bonds. The number of nitrogens with zero attached hydrogens (tertiary/aromatic N) is 1. The van der Waals surface area contributed by atoms with Crippen LogP contribution < -0.4 is 0 Å². The number of cyclic esters (lactones) is 1. The third-order valence-corrected chi connectivity index (χ3v) is 4.90. The number of hydrogen-bond donors (Lipinski definition) is 0. The van der Waals surface area contributed by atoms with Crippen molar-refractivity contribution < 1.29 is 9.53 Å². The predicted octanol–water partition coefficient (Wildman–Crippen LogP) is 5.01. The van der Waals surface area contributed by atoms with E-state index in [0.29, 0.717) is 13.2 Å². The van der Waals surface area contributed by atoms with E-state index in [0.717, 1.165) is 5.56 Å². The zero-order valence-electron chi connectivity index (χ0n) is 14.5. The molecule has 0 aliphatic carbocycles. The van der Waals surface area contributed by atoms with Crippen LogP contribution in [0.2, 0.25) is 0 Å². The number of rotatable bonds is 5. The molecule has 1 aliphatic rings. The standard InChI is InChI=1S/C23H21NO2/c25-23-24(16-17-26-23)22(20-14-8-3-9-15-20)21(18-10-4-1-5-11-18)19-12-6-2-7-13-19/h1-15,21-22H,16-17H2/t22-/m1/s1. The molecular formula is C23H21NO2. The van der Waals surface area contributed by atoms with Gasteiger partial charge in [0, 0.05) is 5.92 Å². The van der Waals surface area contributed by atoms with Crippen molar-refractivity contribution in [3.63, 3.8) is 0 Å². The minimum Gasteiger partial charge on any atom is -0.448 e. The smallest absolute Gasteiger partial charge is 0.410 e. The lowest BCUT2D eigenvalue weighted by atomic mass is 9.81. The van der Waals surface area contributed by atoms with Gasteiger partial charge >= 0.3 is 6.09 Å². The average molecular weight is 343 g/mol. The molecule has 130 valence electrons. The number of carbonyl (C=O) groups excluding carboxylic acids is 1. The lowest BCUT2D eigenvalue weighted by molar-refractivity contribution is 0.144. The molecule has 3 heteroatoms. The third kappa shape index (κ3) is 3.21. The summed E-state index contributed by atoms with van der Waals surface area (Å²) in [6, 6.07) is 30.9. The molecule has 1 heterocycles. The predicted molar refractivity (Wildman–Crippen MR) is 102 cm³/mol. The molecule has 26 heavy (non-hydrogen) atoms. The van der Waals surface area contributed by atoms with Crippen molar-refractivity contribution in [3.05, 3.63) is 108 Å². The summed E-state index contributed by atoms with van der Waals surface area (Å²) in [4.78, 5) is 14.3. The molecule has 0 N–H and O–H groups in total. The molecule has 0 spiro atoms. The van der Waals surface area contributed by atoms with Gasteiger partial charge in [-0.1, -0.05) is 91.0 Å². The summed E-state index contributed by atoms with van der Waals surface area (Å²) in [7, 11) is 0. The minimum absolute atomic E-state index is 0.0328. The summed E-state index contributed by atoms with van der Waals surface area (Å²) < 4.78 is 5.28. The van der Waals surface area contributed by atoms with Gasteiger partial charge in [0.15, 0.2) is 0 Å². The molecule has 3 aromatic rings. The maximum absolute atomic E-state index is 12.5. The fourth-order valence-corrected chi connectivity index (χ4v) is 3.74. The van der Waals surface area contributed by atoms with Crippen LogP contribution >= 0.6 is 0 Å². The highest BCUT2D eigenvalue weighted by atomic mass is 16.6. The van der Waals surface area contributed by atoms with Gasteiger partial charge in [-0.2, -0.15) is 0 Å². The molecule has 1 saturated heterocycles. The second kappa shape index (κ2) is 7.44. The number of ether oxygens (including phenoxy) is 1. The molecule has 1 aliphatic heterocycles. The molecule has 1 atom stereocenters. The summed E-state index contributed by atoms with van der Waals surface area (Å²) in [6.45, 7) is 1.05. The molecule has 3 aromatic carbocycles. The highest BCUT2D eigenvalue weighted by molar-refractivity contribution is 5.70. The van der Waals surface area contributed by atoms with Crippen LogP contribution in [0.1, 0.15) is 28.7 Å². The van der Waals surface area contributed by atoms with E-state index in [-0.39, 0.29) is 18.1 Å². The molecule has 1 fully saturated rings. The molecule has 0 bridgehead atoms. The first-order valence-corrected chi connectivity index (χ1v) is 8.93. The second-order valence-electron chi connectivity index (χ2n) is 6.46. The second-order valence-corrected chi connectivity index (χ2v) is 6.46. The Morgan fingerprint density at radius 1 is 0.692 bits per heavy atom. The zero-order valence-corrected chi connectivity index (χ0v) is 14.5. The van der Waals surface area contributed by atoms with E-state index < -0.39 is 0 Å². The minimum atomic E-state index is -0.240. The van der Waals surface area contributed by atoms with Gasteiger partial charge in [0.1, 0.15) is 6.61 Å². The Morgan fingerprint density at radius 2 is 1.15 bits per heavy atom. The van der Waals surface area contributed by atoms with Crippen LogP contribution in [0.5, 0.6) is 0 Å². The maximum Gasteiger partial charge on any atom is 0.410 e. The number of hydrogen-bond acceptors (Lipinski definition) is 2. The molecular weight excluding hydrogens is 322 g/mol. The van der Waals surface area contributed by atoms with Crippen molar-refractivity contribution >= 4 is 6.09 Å². The quantitative estimate of drug-likeness (QED) is 0.651. The first-order valence-electron chi connectivity index (χ1n) is 8.93. The SMILES string of the molecule is O=C1OCCN1[C@H](c1ccccc1)C(c1ccccc1)c1ccccc1. The molecule has 3 nitrogen and oxygen atoms in total. The van der Waals surface area contributed by atoms with Crippen molar-refractivity contribution in [1.82, 2.24) is 4.90 Å². The third-order valence-electron chi connectivity index (χ3n) is 4.90. The van der Waals surface area contributed by atoms with Crippen LogP contribution in [0, 0.1) is 0 Å². The van der Waals surface area contributed by atoms with Gasteiger partial charge < -0.3 is 4.74 Å². The van der Waals surface area contributed by atoms with Crippen molar-refractivity contribution in [3.8, 4) is 0 Å². The molecule has 0 unspecified atom stereocenters. The summed E-state index contributed by atoms with van der Waals surface area (Å²) in [5.74, 6) is 0.0328. The van der Waals surface area contributed by atoms with E-state index in [9.17, 15) is 4.79 Å². The van der Waals surface area contributed by atoms with Crippen molar-refractivity contribution in [2.45, 2.75) is 12.0 Å². The first-order chi connectivity index (χ1) is 12.8. The highest BCUT2D eigenvalue weighted by Crippen LogP contribution is 2.41. The van der Waals surface area contributed by atoms with E-state index in [1.807, 2.05) is 35.2 Å². The number of benzene rings is 3. The van der Waals surface area contributed by atoms with Gasteiger partial charge in [-0.25, -0.2) is 4.79 Å². The van der Waals surface area contributed by atoms with E-state index in [1.54, 1.807) is 0 Å². The van der Waals surface area contributed by atoms with Gasteiger partial charge in [0.05, 0.1) is 12.6 Å². The Bertz CT molecular complexity index is 810. The van der Waals surface area contributed by atoms with E-state index in [1.165, 1.54) is 11.1 Å². The number of carbonyl (C=O) groups is 1. The first kappa shape index (κ1) is 16.4. The van der Waals surface area contributed by atoms with E-state index >= 15 is 0 Å². The topological polar surface area (TPSA) is 29.5 Å². The van der Waals surface area contributed by atoms with Crippen LogP contribution in [0.3, 0.4) is 0 Å². The molecule has 0 radical (unpaired) electrons. The molecule has 4 rings (SSSR count). The van der Waals surface area contributed by atoms with Crippen LogP contribution in [-0.2, 0) is 4.74 Å². The Hall–Kier alpha value is -3.07. The van der Waals surface area contributed by atoms with Crippen LogP contribution in [0.15, 0.2) is 91.0 Å². The van der Waals surface area contributed by atoms with Gasteiger partial charge in [-0.05, 0) is 16.7 Å². The van der Waals surface area contributed by atoms with Gasteiger partial charge in [0.2, 0.25) is 0 Å². The van der Waals surface area contributed by atoms with Crippen molar-refractivity contribution in [2.75, 3.05) is 13.2 Å². The summed E-state index contributed by atoms with van der Waals surface area (Å²) in [6.07, 6.45) is -0.240. The largest absolute Gasteiger partial charge is 0.448 e. The van der Waals surface area contributed by atoms with Crippen LogP contribution in [0.4, 0.5) is 4.79 Å². The fourth-order valence-electron chi connectivity index (χ4n) is 3.74. The Morgan fingerprint density at radius 3 is 1.58 bits per heavy atom. The fraction of sp³-hybridized carbons (Fsp3) is 0.174. The van der Waals surface area contributed by atoms with Gasteiger partial charge in [0.25, 0.3) is 0 Å². The zero-order chi connectivity index (χ0) is 17.8. The van der Waals surface area contributed by atoms with E-state index in [4.69, 9.17) is 4.74 Å². The van der Waals surface area contributed by atoms with Crippen LogP contribution in [-0.4, -0.2) is 24.1 Å². The lowest BCUT2D eigenvalue weighted by Gasteiger charge is -2.34. The molecule has 0 saturated carbocycles. The monoisotopic (exact) mass is 343 g/mol. The van der Waals surface area contributed by atoms with Crippen molar-refractivity contribution in [2.24, 2.45) is 0 Å². The normalized spacial score (nSPS) is 15.1. The molecule has 0 aromatic heterocycles. The maximum atomic E-state index is 12.5. The van der Waals surface area contributed by atoms with Gasteiger partial charge in [-0.15, -0.1) is 0 Å². The Balaban J connectivity index is 1.88. The summed E-state index contributed by atoms with van der Waals surface area (Å²) >= 11 is 0. The summed E-state index contributed by atoms with van der Waals surface area (Å²) in [5, 5.41) is 0. The number of amides is 1.